The van der Waals surface area contributed by atoms with Crippen molar-refractivity contribution in [2.45, 2.75) is 52.0 Å². The smallest absolute Gasteiger partial charge is 0.234 e. The highest BCUT2D eigenvalue weighted by molar-refractivity contribution is 5.99. The second-order valence-electron chi connectivity index (χ2n) is 7.61. The molecule has 8 nitrogen and oxygen atoms in total. The van der Waals surface area contributed by atoms with Gasteiger partial charge in [-0.1, -0.05) is 13.8 Å². The number of nitrogens with one attached hydrogen (secondary N) is 1. The topological polar surface area (TPSA) is 85.2 Å². The van der Waals surface area contributed by atoms with Crippen LogP contribution in [0.5, 0.6) is 0 Å². The van der Waals surface area contributed by atoms with Crippen LogP contribution in [0.2, 0.25) is 0 Å². The van der Waals surface area contributed by atoms with Gasteiger partial charge in [-0.05, 0) is 38.2 Å². The maximum absolute atomic E-state index is 13.0. The number of nitrogens with zero attached hydrogens (tertiary/aromatic N) is 5. The van der Waals surface area contributed by atoms with Crippen molar-refractivity contribution < 1.29 is 9.53 Å². The maximum atomic E-state index is 13.0. The van der Waals surface area contributed by atoms with Crippen molar-refractivity contribution in [2.75, 3.05) is 30.0 Å². The first-order valence-corrected chi connectivity index (χ1v) is 10.2. The Kier molecular flexibility index (Phi) is 5.30. The molecule has 0 radical (unpaired) electrons. The van der Waals surface area contributed by atoms with Crippen LogP contribution in [0.1, 0.15) is 52.0 Å². The third kappa shape index (κ3) is 3.48. The third-order valence-electron chi connectivity index (χ3n) is 6.21. The van der Waals surface area contributed by atoms with Crippen LogP contribution in [-0.2, 0) is 9.53 Å². The van der Waals surface area contributed by atoms with E-state index in [4.69, 9.17) is 4.74 Å². The number of carbonyl (C=O) groups is 1. The van der Waals surface area contributed by atoms with Gasteiger partial charge in [0.2, 0.25) is 11.9 Å². The summed E-state index contributed by atoms with van der Waals surface area (Å²) in [4.78, 5) is 23.7. The highest BCUT2D eigenvalue weighted by Crippen LogP contribution is 2.40. The van der Waals surface area contributed by atoms with Crippen LogP contribution < -0.4 is 10.2 Å². The van der Waals surface area contributed by atoms with Gasteiger partial charge in [-0.3, -0.25) is 14.4 Å². The van der Waals surface area contributed by atoms with Crippen molar-refractivity contribution in [1.29, 1.82) is 0 Å². The number of hydrogen-bond acceptors (Lipinski definition) is 6. The summed E-state index contributed by atoms with van der Waals surface area (Å²) in [6.45, 7) is 6.44. The quantitative estimate of drug-likeness (QED) is 0.822. The Morgan fingerprint density at radius 1 is 1.29 bits per heavy atom. The SMILES string of the molecule is CCC1(CC)CCN(c2ccnc(Nc3cnn(C4CCOCC4)c3)n2)C1=O. The maximum Gasteiger partial charge on any atom is 0.234 e. The minimum Gasteiger partial charge on any atom is -0.381 e. The zero-order valence-corrected chi connectivity index (χ0v) is 16.6. The van der Waals surface area contributed by atoms with Gasteiger partial charge in [0.25, 0.3) is 0 Å². The van der Waals surface area contributed by atoms with Crippen LogP contribution in [0.15, 0.2) is 24.7 Å². The van der Waals surface area contributed by atoms with Gasteiger partial charge in [-0.15, -0.1) is 0 Å². The molecule has 8 heteroatoms. The summed E-state index contributed by atoms with van der Waals surface area (Å²) in [5.74, 6) is 1.31. The van der Waals surface area contributed by atoms with E-state index in [-0.39, 0.29) is 11.3 Å². The lowest BCUT2D eigenvalue weighted by Gasteiger charge is -2.24. The van der Waals surface area contributed by atoms with Crippen molar-refractivity contribution in [3.63, 3.8) is 0 Å². The third-order valence-corrected chi connectivity index (χ3v) is 6.21. The van der Waals surface area contributed by atoms with Crippen LogP contribution in [-0.4, -0.2) is 45.4 Å². The fraction of sp³-hybridized carbons (Fsp3) is 0.600. The lowest BCUT2D eigenvalue weighted by Crippen LogP contribution is -2.34. The van der Waals surface area contributed by atoms with Gasteiger partial charge in [-0.2, -0.15) is 10.1 Å². The molecule has 1 amide bonds. The Hall–Kier alpha value is -2.48. The van der Waals surface area contributed by atoms with Crippen LogP contribution in [0.25, 0.3) is 0 Å². The number of ether oxygens (including phenoxy) is 1. The molecule has 2 aliphatic heterocycles. The van der Waals surface area contributed by atoms with Gasteiger partial charge in [0.05, 0.1) is 23.3 Å². The minimum absolute atomic E-state index is 0.175. The van der Waals surface area contributed by atoms with E-state index < -0.39 is 0 Å². The Balaban J connectivity index is 1.48. The molecule has 2 fully saturated rings. The molecule has 0 aromatic carbocycles. The van der Waals surface area contributed by atoms with E-state index in [0.29, 0.717) is 24.4 Å². The Labute approximate surface area is 165 Å². The van der Waals surface area contributed by atoms with Crippen LogP contribution in [0, 0.1) is 5.41 Å². The number of aromatic nitrogens is 4. The second-order valence-corrected chi connectivity index (χ2v) is 7.61. The van der Waals surface area contributed by atoms with E-state index in [1.165, 1.54) is 0 Å². The molecule has 4 heterocycles. The molecule has 28 heavy (non-hydrogen) atoms. The Morgan fingerprint density at radius 2 is 2.07 bits per heavy atom. The van der Waals surface area contributed by atoms with Gasteiger partial charge in [-0.25, -0.2) is 4.98 Å². The van der Waals surface area contributed by atoms with Gasteiger partial charge in [0.1, 0.15) is 5.82 Å². The molecule has 2 aromatic heterocycles. The van der Waals surface area contributed by atoms with Crippen molar-refractivity contribution >= 4 is 23.4 Å². The van der Waals surface area contributed by atoms with Gasteiger partial charge >= 0.3 is 0 Å². The molecule has 4 rings (SSSR count). The van der Waals surface area contributed by atoms with Gasteiger partial charge < -0.3 is 10.1 Å². The summed E-state index contributed by atoms with van der Waals surface area (Å²) >= 11 is 0. The van der Waals surface area contributed by atoms with E-state index in [1.54, 1.807) is 23.4 Å². The first-order valence-electron chi connectivity index (χ1n) is 10.2. The normalized spacial score (nSPS) is 19.9. The Bertz CT molecular complexity index is 826. The number of rotatable bonds is 6. The molecular formula is C20H28N6O2. The second kappa shape index (κ2) is 7.87. The van der Waals surface area contributed by atoms with E-state index in [1.807, 2.05) is 10.9 Å². The van der Waals surface area contributed by atoms with Gasteiger partial charge in [0.15, 0.2) is 0 Å². The van der Waals surface area contributed by atoms with E-state index in [9.17, 15) is 4.79 Å². The molecular weight excluding hydrogens is 356 g/mol. The average Bonchev–Trinajstić information content (AvgIpc) is 3.33. The zero-order chi connectivity index (χ0) is 19.6. The van der Waals surface area contributed by atoms with Crippen LogP contribution in [0.4, 0.5) is 17.5 Å². The molecule has 0 bridgehead atoms. The summed E-state index contributed by atoms with van der Waals surface area (Å²) in [7, 11) is 0. The highest BCUT2D eigenvalue weighted by Gasteiger charge is 2.44. The van der Waals surface area contributed by atoms with Crippen molar-refractivity contribution in [3.05, 3.63) is 24.7 Å². The van der Waals surface area contributed by atoms with E-state index >= 15 is 0 Å². The molecule has 2 aromatic rings. The van der Waals surface area contributed by atoms with Crippen molar-refractivity contribution in [1.82, 2.24) is 19.7 Å². The molecule has 0 spiro atoms. The molecule has 2 saturated heterocycles. The van der Waals surface area contributed by atoms with Crippen molar-refractivity contribution in [2.24, 2.45) is 5.41 Å². The standard InChI is InChI=1S/C20H28N6O2/c1-3-20(4-2)8-10-25(18(20)27)17-5-9-21-19(24-17)23-15-13-22-26(14-15)16-6-11-28-12-7-16/h5,9,13-14,16H,3-4,6-8,10-12H2,1-2H3,(H,21,23,24). The zero-order valence-electron chi connectivity index (χ0n) is 16.6. The summed E-state index contributed by atoms with van der Waals surface area (Å²) in [6.07, 6.45) is 10.0. The molecule has 0 unspecified atom stereocenters. The Morgan fingerprint density at radius 3 is 2.79 bits per heavy atom. The number of carbonyl (C=O) groups excluding carboxylic acids is 1. The molecule has 0 atom stereocenters. The number of hydrogen-bond donors (Lipinski definition) is 1. The highest BCUT2D eigenvalue weighted by atomic mass is 16.5. The van der Waals surface area contributed by atoms with Gasteiger partial charge in [0, 0.05) is 32.2 Å². The first-order chi connectivity index (χ1) is 13.6. The average molecular weight is 384 g/mol. The predicted octanol–water partition coefficient (Wildman–Crippen LogP) is 3.31. The van der Waals surface area contributed by atoms with E-state index in [0.717, 1.165) is 51.0 Å². The largest absolute Gasteiger partial charge is 0.381 e. The van der Waals surface area contributed by atoms with Crippen LogP contribution in [0.3, 0.4) is 0 Å². The van der Waals surface area contributed by atoms with E-state index in [2.05, 4.69) is 34.2 Å². The lowest BCUT2D eigenvalue weighted by molar-refractivity contribution is -0.125. The molecule has 1 N–H and O–H groups in total. The first kappa shape index (κ1) is 18.9. The number of anilines is 3. The summed E-state index contributed by atoms with van der Waals surface area (Å²) in [5, 5.41) is 7.68. The summed E-state index contributed by atoms with van der Waals surface area (Å²) < 4.78 is 7.40. The number of amides is 1. The lowest BCUT2D eigenvalue weighted by atomic mass is 9.81. The van der Waals surface area contributed by atoms with Crippen molar-refractivity contribution in [3.8, 4) is 0 Å². The minimum atomic E-state index is -0.247. The fourth-order valence-corrected chi connectivity index (χ4v) is 4.19. The molecule has 2 aliphatic rings. The van der Waals surface area contributed by atoms with Crippen LogP contribution >= 0.6 is 0 Å². The monoisotopic (exact) mass is 384 g/mol. The predicted molar refractivity (Wildman–Crippen MR) is 107 cm³/mol. The molecule has 0 saturated carbocycles. The summed E-state index contributed by atoms with van der Waals surface area (Å²) in [5.41, 5.74) is 0.594. The summed E-state index contributed by atoms with van der Waals surface area (Å²) in [6, 6.07) is 2.17. The molecule has 0 aliphatic carbocycles. The fourth-order valence-electron chi connectivity index (χ4n) is 4.19. The molecule has 150 valence electrons.